The number of rotatable bonds is 5. The summed E-state index contributed by atoms with van der Waals surface area (Å²) < 4.78 is 2.03. The number of nitrogens with zero attached hydrogens (tertiary/aromatic N) is 2. The fourth-order valence-corrected chi connectivity index (χ4v) is 4.75. The SMILES string of the molecule is NCc1ccc2cc(C(=O)NC3CCC(N)CC3)n(Cc3cccc4ccccc34)c2n1. The van der Waals surface area contributed by atoms with Crippen molar-refractivity contribution in [2.75, 3.05) is 0 Å². The molecule has 0 bridgehead atoms. The molecule has 6 nitrogen and oxygen atoms in total. The molecule has 0 spiro atoms. The molecular weight excluding hydrogens is 398 g/mol. The van der Waals surface area contributed by atoms with E-state index in [4.69, 9.17) is 16.5 Å². The predicted molar refractivity (Wildman–Crippen MR) is 128 cm³/mol. The van der Waals surface area contributed by atoms with Crippen LogP contribution >= 0.6 is 0 Å². The molecule has 0 unspecified atom stereocenters. The smallest absolute Gasteiger partial charge is 0.268 e. The minimum absolute atomic E-state index is 0.0574. The molecule has 5 N–H and O–H groups in total. The van der Waals surface area contributed by atoms with E-state index in [1.165, 1.54) is 10.8 Å². The molecular formula is C26H29N5O. The van der Waals surface area contributed by atoms with E-state index >= 15 is 0 Å². The Morgan fingerprint density at radius 2 is 1.78 bits per heavy atom. The van der Waals surface area contributed by atoms with Gasteiger partial charge in [0.1, 0.15) is 11.3 Å². The van der Waals surface area contributed by atoms with E-state index < -0.39 is 0 Å². The molecule has 1 saturated carbocycles. The van der Waals surface area contributed by atoms with Gasteiger partial charge in [-0.3, -0.25) is 4.79 Å². The second-order valence-corrected chi connectivity index (χ2v) is 8.76. The quantitative estimate of drug-likeness (QED) is 0.452. The fraction of sp³-hybridized carbons (Fsp3) is 0.308. The number of aromatic nitrogens is 2. The van der Waals surface area contributed by atoms with E-state index in [9.17, 15) is 4.79 Å². The lowest BCUT2D eigenvalue weighted by Crippen LogP contribution is -2.41. The summed E-state index contributed by atoms with van der Waals surface area (Å²) in [7, 11) is 0. The number of nitrogens with one attached hydrogen (secondary N) is 1. The maximum absolute atomic E-state index is 13.4. The molecule has 32 heavy (non-hydrogen) atoms. The van der Waals surface area contributed by atoms with Crippen LogP contribution in [0.2, 0.25) is 0 Å². The van der Waals surface area contributed by atoms with Gasteiger partial charge in [0, 0.05) is 24.0 Å². The van der Waals surface area contributed by atoms with Crippen molar-refractivity contribution >= 4 is 27.7 Å². The standard InChI is InChI=1S/C26H29N5O/c27-15-22-11-8-18-14-24(26(32)30-21-12-9-20(28)10-13-21)31(25(18)29-22)16-19-6-3-5-17-4-1-2-7-23(17)19/h1-8,11,14,20-21H,9-10,12-13,15-16,27-28H2,(H,30,32). The van der Waals surface area contributed by atoms with Gasteiger partial charge in [0.05, 0.1) is 12.2 Å². The third-order valence-corrected chi connectivity index (χ3v) is 6.56. The number of hydrogen-bond donors (Lipinski definition) is 3. The third-order valence-electron chi connectivity index (χ3n) is 6.56. The topological polar surface area (TPSA) is 99.0 Å². The number of hydrogen-bond acceptors (Lipinski definition) is 4. The van der Waals surface area contributed by atoms with Crippen LogP contribution in [0, 0.1) is 0 Å². The summed E-state index contributed by atoms with van der Waals surface area (Å²) in [5.41, 5.74) is 15.3. The minimum atomic E-state index is -0.0574. The number of carbonyl (C=O) groups excluding carboxylic acids is 1. The first kappa shape index (κ1) is 20.7. The average molecular weight is 428 g/mol. The van der Waals surface area contributed by atoms with Crippen LogP contribution in [0.15, 0.2) is 60.7 Å². The van der Waals surface area contributed by atoms with Gasteiger partial charge < -0.3 is 21.4 Å². The van der Waals surface area contributed by atoms with Crippen LogP contribution in [0.4, 0.5) is 0 Å². The second-order valence-electron chi connectivity index (χ2n) is 8.76. The zero-order valence-corrected chi connectivity index (χ0v) is 18.1. The molecule has 0 aliphatic heterocycles. The van der Waals surface area contributed by atoms with Gasteiger partial charge in [-0.05, 0) is 60.2 Å². The highest BCUT2D eigenvalue weighted by molar-refractivity contribution is 5.98. The largest absolute Gasteiger partial charge is 0.348 e. The summed E-state index contributed by atoms with van der Waals surface area (Å²) in [4.78, 5) is 18.1. The maximum Gasteiger partial charge on any atom is 0.268 e. The molecule has 0 saturated heterocycles. The first-order chi connectivity index (χ1) is 15.6. The summed E-state index contributed by atoms with van der Waals surface area (Å²) in [6.07, 6.45) is 3.74. The maximum atomic E-state index is 13.4. The van der Waals surface area contributed by atoms with Crippen LogP contribution in [-0.2, 0) is 13.1 Å². The van der Waals surface area contributed by atoms with E-state index in [2.05, 4.69) is 35.6 Å². The average Bonchev–Trinajstić information content (AvgIpc) is 3.18. The molecule has 164 valence electrons. The highest BCUT2D eigenvalue weighted by atomic mass is 16.2. The van der Waals surface area contributed by atoms with Gasteiger partial charge in [-0.2, -0.15) is 0 Å². The summed E-state index contributed by atoms with van der Waals surface area (Å²) in [5, 5.41) is 6.55. The Morgan fingerprint density at radius 3 is 2.59 bits per heavy atom. The molecule has 1 fully saturated rings. The zero-order chi connectivity index (χ0) is 22.1. The number of carbonyl (C=O) groups is 1. The summed E-state index contributed by atoms with van der Waals surface area (Å²) in [5.74, 6) is -0.0574. The minimum Gasteiger partial charge on any atom is -0.348 e. The number of fused-ring (bicyclic) bond motifs is 2. The molecule has 4 aromatic rings. The number of nitrogens with two attached hydrogens (primary N) is 2. The van der Waals surface area contributed by atoms with E-state index in [0.29, 0.717) is 18.8 Å². The first-order valence-electron chi connectivity index (χ1n) is 11.3. The summed E-state index contributed by atoms with van der Waals surface area (Å²) >= 11 is 0. The third kappa shape index (κ3) is 3.99. The zero-order valence-electron chi connectivity index (χ0n) is 18.1. The monoisotopic (exact) mass is 427 g/mol. The summed E-state index contributed by atoms with van der Waals surface area (Å²) in [6.45, 7) is 0.920. The van der Waals surface area contributed by atoms with Crippen LogP contribution in [0.3, 0.4) is 0 Å². The highest BCUT2D eigenvalue weighted by Gasteiger charge is 2.23. The Morgan fingerprint density at radius 1 is 1.00 bits per heavy atom. The van der Waals surface area contributed by atoms with Gasteiger partial charge in [0.2, 0.25) is 0 Å². The Kier molecular flexibility index (Phi) is 5.64. The van der Waals surface area contributed by atoms with E-state index in [-0.39, 0.29) is 18.0 Å². The number of amides is 1. The normalized spacial score (nSPS) is 18.8. The van der Waals surface area contributed by atoms with Crippen molar-refractivity contribution in [2.24, 2.45) is 11.5 Å². The van der Waals surface area contributed by atoms with Crippen molar-refractivity contribution in [1.29, 1.82) is 0 Å². The van der Waals surface area contributed by atoms with Gasteiger partial charge in [-0.25, -0.2) is 4.98 Å². The second kappa shape index (κ2) is 8.73. The lowest BCUT2D eigenvalue weighted by atomic mass is 9.92. The Hall–Kier alpha value is -3.22. The molecule has 2 aromatic carbocycles. The van der Waals surface area contributed by atoms with Crippen molar-refractivity contribution in [2.45, 2.75) is 50.9 Å². The number of pyridine rings is 1. The molecule has 0 atom stereocenters. The van der Waals surface area contributed by atoms with Crippen LogP contribution in [0.5, 0.6) is 0 Å². The van der Waals surface area contributed by atoms with Crippen molar-refractivity contribution < 1.29 is 4.79 Å². The Balaban J connectivity index is 1.55. The first-order valence-corrected chi connectivity index (χ1v) is 11.3. The van der Waals surface area contributed by atoms with Crippen molar-refractivity contribution in [1.82, 2.24) is 14.9 Å². The number of benzene rings is 2. The van der Waals surface area contributed by atoms with Gasteiger partial charge in [0.25, 0.3) is 5.91 Å². The van der Waals surface area contributed by atoms with Crippen molar-refractivity contribution in [3.05, 3.63) is 77.6 Å². The van der Waals surface area contributed by atoms with Crippen LogP contribution < -0.4 is 16.8 Å². The van der Waals surface area contributed by atoms with Gasteiger partial charge in [-0.15, -0.1) is 0 Å². The molecule has 0 radical (unpaired) electrons. The van der Waals surface area contributed by atoms with E-state index in [0.717, 1.165) is 48.0 Å². The highest BCUT2D eigenvalue weighted by Crippen LogP contribution is 2.25. The molecule has 2 heterocycles. The van der Waals surface area contributed by atoms with Crippen molar-refractivity contribution in [3.8, 4) is 0 Å². The Labute approximate surface area is 187 Å². The molecule has 1 amide bonds. The van der Waals surface area contributed by atoms with Crippen molar-refractivity contribution in [3.63, 3.8) is 0 Å². The van der Waals surface area contributed by atoms with Gasteiger partial charge in [0.15, 0.2) is 0 Å². The molecule has 1 aliphatic carbocycles. The lowest BCUT2D eigenvalue weighted by molar-refractivity contribution is 0.0917. The summed E-state index contributed by atoms with van der Waals surface area (Å²) in [6, 6.07) is 20.9. The molecule has 5 rings (SSSR count). The molecule has 2 aromatic heterocycles. The van der Waals surface area contributed by atoms with Crippen LogP contribution in [0.1, 0.15) is 47.4 Å². The molecule has 1 aliphatic rings. The Bertz CT molecular complexity index is 1260. The van der Waals surface area contributed by atoms with Gasteiger partial charge in [-0.1, -0.05) is 42.5 Å². The van der Waals surface area contributed by atoms with E-state index in [1.807, 2.05) is 34.9 Å². The van der Waals surface area contributed by atoms with Crippen LogP contribution in [-0.4, -0.2) is 27.5 Å². The lowest BCUT2D eigenvalue weighted by Gasteiger charge is -2.27. The fourth-order valence-electron chi connectivity index (χ4n) is 4.75. The van der Waals surface area contributed by atoms with Crippen LogP contribution in [0.25, 0.3) is 21.8 Å². The predicted octanol–water partition coefficient (Wildman–Crippen LogP) is 3.70. The molecule has 6 heteroatoms. The van der Waals surface area contributed by atoms with Gasteiger partial charge >= 0.3 is 0 Å². The van der Waals surface area contributed by atoms with E-state index in [1.54, 1.807) is 0 Å².